The van der Waals surface area contributed by atoms with Crippen molar-refractivity contribution in [3.05, 3.63) is 52.5 Å². The lowest BCUT2D eigenvalue weighted by Gasteiger charge is -2.16. The molecule has 1 atom stereocenters. The van der Waals surface area contributed by atoms with Gasteiger partial charge in [-0.05, 0) is 12.0 Å². The van der Waals surface area contributed by atoms with Crippen molar-refractivity contribution in [1.82, 2.24) is 10.3 Å². The molecule has 2 nitrogen and oxygen atoms in total. The molecule has 0 aliphatic heterocycles. The van der Waals surface area contributed by atoms with Gasteiger partial charge in [0.15, 0.2) is 0 Å². The minimum atomic E-state index is 0.455. The molecule has 0 amide bonds. The van der Waals surface area contributed by atoms with Crippen LogP contribution in [0.3, 0.4) is 0 Å². The van der Waals surface area contributed by atoms with E-state index in [-0.39, 0.29) is 0 Å². The second-order valence-corrected chi connectivity index (χ2v) is 4.98. The van der Waals surface area contributed by atoms with Gasteiger partial charge in [0.25, 0.3) is 0 Å². The number of nitrogens with zero attached hydrogens (tertiary/aromatic N) is 1. The number of nitrogens with one attached hydrogen (secondary N) is 1. The predicted octanol–water partition coefficient (Wildman–Crippen LogP) is 3.43. The molecule has 2 rings (SSSR count). The normalized spacial score (nSPS) is 12.5. The summed E-state index contributed by atoms with van der Waals surface area (Å²) < 4.78 is 0. The van der Waals surface area contributed by atoms with Gasteiger partial charge in [0.2, 0.25) is 0 Å². The fourth-order valence-corrected chi connectivity index (χ4v) is 2.53. The molecular weight excluding hydrogens is 228 g/mol. The molecule has 0 bridgehead atoms. The van der Waals surface area contributed by atoms with E-state index >= 15 is 0 Å². The van der Waals surface area contributed by atoms with E-state index in [0.717, 1.165) is 19.4 Å². The zero-order valence-corrected chi connectivity index (χ0v) is 10.9. The lowest BCUT2D eigenvalue weighted by molar-refractivity contribution is 0.522. The van der Waals surface area contributed by atoms with Crippen LogP contribution in [0.1, 0.15) is 30.0 Å². The molecule has 0 aliphatic carbocycles. The third kappa shape index (κ3) is 3.65. The molecule has 1 aromatic carbocycles. The molecule has 0 aliphatic rings. The summed E-state index contributed by atoms with van der Waals surface area (Å²) in [5, 5.41) is 6.83. The summed E-state index contributed by atoms with van der Waals surface area (Å²) in [6.45, 7) is 3.20. The van der Waals surface area contributed by atoms with Crippen LogP contribution in [0.15, 0.2) is 41.9 Å². The average molecular weight is 246 g/mol. The quantitative estimate of drug-likeness (QED) is 0.844. The summed E-state index contributed by atoms with van der Waals surface area (Å²) in [7, 11) is 0. The van der Waals surface area contributed by atoms with E-state index in [1.165, 1.54) is 10.6 Å². The highest BCUT2D eigenvalue weighted by Gasteiger charge is 2.07. The van der Waals surface area contributed by atoms with Crippen molar-refractivity contribution in [2.45, 2.75) is 25.8 Å². The molecule has 0 saturated carbocycles. The number of hydrogen-bond donors (Lipinski definition) is 1. The van der Waals surface area contributed by atoms with Gasteiger partial charge in [-0.1, -0.05) is 37.3 Å². The maximum absolute atomic E-state index is 4.29. The minimum absolute atomic E-state index is 0.455. The summed E-state index contributed by atoms with van der Waals surface area (Å²) in [4.78, 5) is 4.29. The van der Waals surface area contributed by atoms with Gasteiger partial charge in [0.05, 0.1) is 5.01 Å². The lowest BCUT2D eigenvalue weighted by atomic mass is 10.0. The second-order valence-electron chi connectivity index (χ2n) is 4.00. The molecule has 0 saturated heterocycles. The van der Waals surface area contributed by atoms with Gasteiger partial charge < -0.3 is 5.32 Å². The highest BCUT2D eigenvalue weighted by Crippen LogP contribution is 2.15. The van der Waals surface area contributed by atoms with Crippen LogP contribution in [0.5, 0.6) is 0 Å². The molecule has 1 N–H and O–H groups in total. The first-order chi connectivity index (χ1) is 8.40. The number of thiazole rings is 1. The van der Waals surface area contributed by atoms with E-state index in [2.05, 4.69) is 47.6 Å². The molecule has 0 spiro atoms. The maximum Gasteiger partial charge on any atom is 0.0937 e. The Morgan fingerprint density at radius 1 is 1.29 bits per heavy atom. The van der Waals surface area contributed by atoms with Crippen LogP contribution in [-0.2, 0) is 6.42 Å². The average Bonchev–Trinajstić information content (AvgIpc) is 2.89. The van der Waals surface area contributed by atoms with Crippen LogP contribution in [-0.4, -0.2) is 11.5 Å². The van der Waals surface area contributed by atoms with Gasteiger partial charge in [-0.3, -0.25) is 0 Å². The Hall–Kier alpha value is -1.19. The van der Waals surface area contributed by atoms with Crippen LogP contribution < -0.4 is 5.32 Å². The second kappa shape index (κ2) is 6.52. The standard InChI is InChI=1S/C14H18N2S/c1-2-13(12-6-4-3-5-7-12)15-9-8-14-16-10-11-17-14/h3-7,10-11,13,15H,2,8-9H2,1H3. The van der Waals surface area contributed by atoms with Crippen LogP contribution >= 0.6 is 11.3 Å². The van der Waals surface area contributed by atoms with E-state index in [0.29, 0.717) is 6.04 Å². The van der Waals surface area contributed by atoms with Crippen molar-refractivity contribution in [2.75, 3.05) is 6.54 Å². The zero-order chi connectivity index (χ0) is 11.9. The van der Waals surface area contributed by atoms with Gasteiger partial charge in [-0.25, -0.2) is 4.98 Å². The van der Waals surface area contributed by atoms with Gasteiger partial charge in [-0.2, -0.15) is 0 Å². The van der Waals surface area contributed by atoms with E-state index in [4.69, 9.17) is 0 Å². The number of hydrogen-bond acceptors (Lipinski definition) is 3. The smallest absolute Gasteiger partial charge is 0.0937 e. The Morgan fingerprint density at radius 2 is 2.12 bits per heavy atom. The molecule has 90 valence electrons. The first-order valence-corrected chi connectivity index (χ1v) is 6.95. The van der Waals surface area contributed by atoms with Crippen LogP contribution in [0.25, 0.3) is 0 Å². The zero-order valence-electron chi connectivity index (χ0n) is 10.1. The molecule has 0 fully saturated rings. The molecule has 0 radical (unpaired) electrons. The Bertz CT molecular complexity index is 411. The number of aromatic nitrogens is 1. The molecular formula is C14H18N2S. The van der Waals surface area contributed by atoms with Gasteiger partial charge in [0.1, 0.15) is 0 Å². The van der Waals surface area contributed by atoms with E-state index in [9.17, 15) is 0 Å². The largest absolute Gasteiger partial charge is 0.310 e. The van der Waals surface area contributed by atoms with E-state index < -0.39 is 0 Å². The van der Waals surface area contributed by atoms with E-state index in [1.807, 2.05) is 11.6 Å². The van der Waals surface area contributed by atoms with Crippen LogP contribution in [0.2, 0.25) is 0 Å². The fraction of sp³-hybridized carbons (Fsp3) is 0.357. The summed E-state index contributed by atoms with van der Waals surface area (Å²) in [6.07, 6.45) is 4.00. The van der Waals surface area contributed by atoms with Gasteiger partial charge in [0, 0.05) is 30.6 Å². The van der Waals surface area contributed by atoms with Gasteiger partial charge >= 0.3 is 0 Å². The van der Waals surface area contributed by atoms with Crippen molar-refractivity contribution in [3.8, 4) is 0 Å². The van der Waals surface area contributed by atoms with Crippen molar-refractivity contribution >= 4 is 11.3 Å². The molecule has 1 heterocycles. The number of benzene rings is 1. The van der Waals surface area contributed by atoms with Crippen LogP contribution in [0, 0.1) is 0 Å². The summed E-state index contributed by atoms with van der Waals surface area (Å²) in [5.41, 5.74) is 1.37. The summed E-state index contributed by atoms with van der Waals surface area (Å²) >= 11 is 1.73. The van der Waals surface area contributed by atoms with E-state index in [1.54, 1.807) is 11.3 Å². The summed E-state index contributed by atoms with van der Waals surface area (Å²) in [5.74, 6) is 0. The SMILES string of the molecule is CCC(NCCc1nccs1)c1ccccc1. The van der Waals surface area contributed by atoms with Crippen molar-refractivity contribution in [3.63, 3.8) is 0 Å². The Morgan fingerprint density at radius 3 is 2.76 bits per heavy atom. The fourth-order valence-electron chi connectivity index (χ4n) is 1.91. The van der Waals surface area contributed by atoms with Crippen molar-refractivity contribution < 1.29 is 0 Å². The molecule has 2 aromatic rings. The minimum Gasteiger partial charge on any atom is -0.310 e. The first-order valence-electron chi connectivity index (χ1n) is 6.07. The van der Waals surface area contributed by atoms with Gasteiger partial charge in [-0.15, -0.1) is 11.3 Å². The third-order valence-electron chi connectivity index (χ3n) is 2.82. The summed E-state index contributed by atoms with van der Waals surface area (Å²) in [6, 6.07) is 11.1. The highest BCUT2D eigenvalue weighted by atomic mass is 32.1. The predicted molar refractivity (Wildman–Crippen MR) is 73.3 cm³/mol. The Kier molecular flexibility index (Phi) is 4.71. The maximum atomic E-state index is 4.29. The van der Waals surface area contributed by atoms with Crippen molar-refractivity contribution in [1.29, 1.82) is 0 Å². The lowest BCUT2D eigenvalue weighted by Crippen LogP contribution is -2.23. The molecule has 17 heavy (non-hydrogen) atoms. The topological polar surface area (TPSA) is 24.9 Å². The monoisotopic (exact) mass is 246 g/mol. The van der Waals surface area contributed by atoms with Crippen molar-refractivity contribution in [2.24, 2.45) is 0 Å². The Labute approximate surface area is 107 Å². The molecule has 1 unspecified atom stereocenters. The Balaban J connectivity index is 1.84. The molecule has 3 heteroatoms. The number of rotatable bonds is 6. The first kappa shape index (κ1) is 12.3. The molecule has 1 aromatic heterocycles. The van der Waals surface area contributed by atoms with Crippen LogP contribution in [0.4, 0.5) is 0 Å². The third-order valence-corrected chi connectivity index (χ3v) is 3.66. The highest BCUT2D eigenvalue weighted by molar-refractivity contribution is 7.09.